The summed E-state index contributed by atoms with van der Waals surface area (Å²) in [6.07, 6.45) is 7.87. The minimum absolute atomic E-state index is 0.108. The number of nitrogens with one attached hydrogen (secondary N) is 2. The van der Waals surface area contributed by atoms with E-state index in [1.54, 1.807) is 0 Å². The maximum atomic E-state index is 3.62. The van der Waals surface area contributed by atoms with Crippen molar-refractivity contribution >= 4 is 0 Å². The molecular weight excluding hydrogens is 186 g/mol. The lowest BCUT2D eigenvalue weighted by Crippen LogP contribution is -2.57. The third-order valence-electron chi connectivity index (χ3n) is 3.09. The number of hydrogen-bond acceptors (Lipinski definition) is 3. The van der Waals surface area contributed by atoms with Gasteiger partial charge in [-0.05, 0) is 20.3 Å². The van der Waals surface area contributed by atoms with E-state index in [1.807, 2.05) is 0 Å². The standard InChI is InChI=1S/C12H21N3/c1-11-3-5-12(2,6-4-11)14-15-9-7-13-8-10-15/h3-5,13-14H,6-10H2,1-2H3. The highest BCUT2D eigenvalue weighted by atomic mass is 15.5. The van der Waals surface area contributed by atoms with Crippen molar-refractivity contribution in [1.82, 2.24) is 15.8 Å². The van der Waals surface area contributed by atoms with Gasteiger partial charge in [-0.2, -0.15) is 0 Å². The van der Waals surface area contributed by atoms with E-state index in [9.17, 15) is 0 Å². The molecule has 0 aromatic rings. The zero-order valence-electron chi connectivity index (χ0n) is 9.71. The van der Waals surface area contributed by atoms with Crippen molar-refractivity contribution in [1.29, 1.82) is 0 Å². The number of allylic oxidation sites excluding steroid dienone is 2. The first kappa shape index (κ1) is 10.9. The van der Waals surface area contributed by atoms with Crippen LogP contribution in [-0.2, 0) is 0 Å². The summed E-state index contributed by atoms with van der Waals surface area (Å²) in [5.41, 5.74) is 5.09. The van der Waals surface area contributed by atoms with Gasteiger partial charge in [-0.3, -0.25) is 0 Å². The molecule has 2 aliphatic rings. The topological polar surface area (TPSA) is 27.3 Å². The normalized spacial score (nSPS) is 32.8. The van der Waals surface area contributed by atoms with E-state index in [1.165, 1.54) is 5.57 Å². The zero-order chi connectivity index (χ0) is 10.7. The van der Waals surface area contributed by atoms with Gasteiger partial charge in [0.1, 0.15) is 0 Å². The van der Waals surface area contributed by atoms with Gasteiger partial charge in [-0.15, -0.1) is 0 Å². The lowest BCUT2D eigenvalue weighted by atomic mass is 9.92. The molecule has 0 radical (unpaired) electrons. The lowest BCUT2D eigenvalue weighted by molar-refractivity contribution is 0.116. The van der Waals surface area contributed by atoms with Gasteiger partial charge in [-0.25, -0.2) is 10.4 Å². The Morgan fingerprint density at radius 3 is 2.73 bits per heavy atom. The highest BCUT2D eigenvalue weighted by Crippen LogP contribution is 2.20. The quantitative estimate of drug-likeness (QED) is 0.709. The predicted octanol–water partition coefficient (Wildman–Crippen LogP) is 1.06. The van der Waals surface area contributed by atoms with Crippen LogP contribution in [0.1, 0.15) is 20.3 Å². The van der Waals surface area contributed by atoms with Crippen LogP contribution in [0.25, 0.3) is 0 Å². The highest BCUT2D eigenvalue weighted by molar-refractivity contribution is 5.26. The van der Waals surface area contributed by atoms with Crippen molar-refractivity contribution in [2.45, 2.75) is 25.8 Å². The first-order valence-electron chi connectivity index (χ1n) is 5.77. The zero-order valence-corrected chi connectivity index (χ0v) is 9.71. The monoisotopic (exact) mass is 207 g/mol. The summed E-state index contributed by atoms with van der Waals surface area (Å²) in [6.45, 7) is 8.76. The molecule has 2 rings (SSSR count). The number of hydrazine groups is 1. The van der Waals surface area contributed by atoms with Crippen LogP contribution in [0, 0.1) is 0 Å². The molecule has 0 amide bonds. The van der Waals surface area contributed by atoms with Gasteiger partial charge in [0.05, 0.1) is 5.54 Å². The summed E-state index contributed by atoms with van der Waals surface area (Å²) in [4.78, 5) is 0. The van der Waals surface area contributed by atoms with E-state index in [4.69, 9.17) is 0 Å². The van der Waals surface area contributed by atoms with Gasteiger partial charge < -0.3 is 5.32 Å². The molecule has 0 bridgehead atoms. The van der Waals surface area contributed by atoms with Crippen LogP contribution >= 0.6 is 0 Å². The molecule has 2 N–H and O–H groups in total. The number of nitrogens with zero attached hydrogens (tertiary/aromatic N) is 1. The van der Waals surface area contributed by atoms with Crippen LogP contribution in [0.2, 0.25) is 0 Å². The summed E-state index contributed by atoms with van der Waals surface area (Å²) in [5, 5.41) is 5.69. The third-order valence-corrected chi connectivity index (χ3v) is 3.09. The summed E-state index contributed by atoms with van der Waals surface area (Å²) in [7, 11) is 0. The molecule has 1 heterocycles. The van der Waals surface area contributed by atoms with E-state index in [0.29, 0.717) is 0 Å². The lowest BCUT2D eigenvalue weighted by Gasteiger charge is -2.37. The molecule has 1 atom stereocenters. The first-order chi connectivity index (χ1) is 7.18. The predicted molar refractivity (Wildman–Crippen MR) is 63.5 cm³/mol. The van der Waals surface area contributed by atoms with Gasteiger partial charge in [0.2, 0.25) is 0 Å². The maximum absolute atomic E-state index is 3.62. The number of piperazine rings is 1. The Hall–Kier alpha value is -0.640. The fourth-order valence-corrected chi connectivity index (χ4v) is 2.05. The van der Waals surface area contributed by atoms with Crippen molar-refractivity contribution in [2.75, 3.05) is 26.2 Å². The molecule has 1 unspecified atom stereocenters. The van der Waals surface area contributed by atoms with E-state index in [2.05, 4.69) is 47.8 Å². The average Bonchev–Trinajstić information content (AvgIpc) is 2.24. The molecule has 0 aromatic heterocycles. The van der Waals surface area contributed by atoms with Gasteiger partial charge in [0, 0.05) is 26.2 Å². The minimum atomic E-state index is 0.108. The fourth-order valence-electron chi connectivity index (χ4n) is 2.05. The molecule has 84 valence electrons. The van der Waals surface area contributed by atoms with Crippen molar-refractivity contribution in [3.63, 3.8) is 0 Å². The molecule has 1 aliphatic carbocycles. The Morgan fingerprint density at radius 1 is 1.40 bits per heavy atom. The molecule has 0 saturated carbocycles. The third kappa shape index (κ3) is 2.91. The fraction of sp³-hybridized carbons (Fsp3) is 0.667. The molecule has 0 aromatic carbocycles. The Kier molecular flexibility index (Phi) is 3.24. The average molecular weight is 207 g/mol. The second-order valence-electron chi connectivity index (χ2n) is 4.75. The smallest absolute Gasteiger partial charge is 0.0514 e. The molecule has 3 nitrogen and oxygen atoms in total. The van der Waals surface area contributed by atoms with Crippen LogP contribution in [0.15, 0.2) is 23.8 Å². The summed E-state index contributed by atoms with van der Waals surface area (Å²) >= 11 is 0. The van der Waals surface area contributed by atoms with Crippen molar-refractivity contribution in [3.8, 4) is 0 Å². The van der Waals surface area contributed by atoms with Crippen LogP contribution in [0.5, 0.6) is 0 Å². The van der Waals surface area contributed by atoms with Crippen LogP contribution in [0.3, 0.4) is 0 Å². The first-order valence-corrected chi connectivity index (χ1v) is 5.77. The number of hydrogen-bond donors (Lipinski definition) is 2. The SMILES string of the molecule is CC1=CCC(C)(NN2CCNCC2)C=C1. The molecule has 1 saturated heterocycles. The Bertz CT molecular complexity index is 277. The summed E-state index contributed by atoms with van der Waals surface area (Å²) < 4.78 is 0. The molecule has 15 heavy (non-hydrogen) atoms. The van der Waals surface area contributed by atoms with Crippen LogP contribution in [-0.4, -0.2) is 36.7 Å². The van der Waals surface area contributed by atoms with E-state index in [0.717, 1.165) is 32.6 Å². The van der Waals surface area contributed by atoms with E-state index < -0.39 is 0 Å². The van der Waals surface area contributed by atoms with Crippen LogP contribution in [0.4, 0.5) is 0 Å². The Labute approximate surface area is 92.2 Å². The summed E-state index contributed by atoms with van der Waals surface area (Å²) in [6, 6.07) is 0. The molecule has 1 fully saturated rings. The highest BCUT2D eigenvalue weighted by Gasteiger charge is 2.24. The van der Waals surface area contributed by atoms with Gasteiger partial charge >= 0.3 is 0 Å². The van der Waals surface area contributed by atoms with Crippen molar-refractivity contribution in [2.24, 2.45) is 0 Å². The van der Waals surface area contributed by atoms with Gasteiger partial charge in [0.15, 0.2) is 0 Å². The summed E-state index contributed by atoms with van der Waals surface area (Å²) in [5.74, 6) is 0. The molecule has 0 spiro atoms. The largest absolute Gasteiger partial charge is 0.314 e. The second-order valence-corrected chi connectivity index (χ2v) is 4.75. The Morgan fingerprint density at radius 2 is 2.13 bits per heavy atom. The van der Waals surface area contributed by atoms with Crippen molar-refractivity contribution < 1.29 is 0 Å². The van der Waals surface area contributed by atoms with Gasteiger partial charge in [0.25, 0.3) is 0 Å². The molecule has 3 heteroatoms. The number of rotatable bonds is 2. The second kappa shape index (κ2) is 4.47. The van der Waals surface area contributed by atoms with Gasteiger partial charge in [-0.1, -0.05) is 23.8 Å². The molecule has 1 aliphatic heterocycles. The molecular formula is C12H21N3. The van der Waals surface area contributed by atoms with Crippen LogP contribution < -0.4 is 10.7 Å². The van der Waals surface area contributed by atoms with E-state index >= 15 is 0 Å². The van der Waals surface area contributed by atoms with Crippen molar-refractivity contribution in [3.05, 3.63) is 23.8 Å². The Balaban J connectivity index is 1.90. The maximum Gasteiger partial charge on any atom is 0.0514 e. The minimum Gasteiger partial charge on any atom is -0.314 e. The van der Waals surface area contributed by atoms with E-state index in [-0.39, 0.29) is 5.54 Å².